The summed E-state index contributed by atoms with van der Waals surface area (Å²) in [6.45, 7) is 1.37. The third kappa shape index (κ3) is 2.27. The number of benzene rings is 1. The van der Waals surface area contributed by atoms with Gasteiger partial charge in [-0.3, -0.25) is 10.1 Å². The Morgan fingerprint density at radius 3 is 2.95 bits per heavy atom. The molecule has 0 bridgehead atoms. The SMILES string of the molecule is O=[N+]([O-])c1cccnc1N1CCc2cccc(Br)c2C1. The van der Waals surface area contributed by atoms with Gasteiger partial charge in [-0.1, -0.05) is 28.1 Å². The lowest BCUT2D eigenvalue weighted by Gasteiger charge is -2.30. The predicted molar refractivity (Wildman–Crippen MR) is 79.8 cm³/mol. The molecule has 0 saturated heterocycles. The summed E-state index contributed by atoms with van der Waals surface area (Å²) in [4.78, 5) is 16.9. The maximum atomic E-state index is 11.1. The van der Waals surface area contributed by atoms with Crippen LogP contribution in [0.25, 0.3) is 0 Å². The first-order chi connectivity index (χ1) is 9.66. The minimum absolute atomic E-state index is 0.0583. The van der Waals surface area contributed by atoms with Gasteiger partial charge in [-0.25, -0.2) is 4.98 Å². The Morgan fingerprint density at radius 1 is 1.30 bits per heavy atom. The third-order valence-corrected chi connectivity index (χ3v) is 4.22. The molecule has 0 unspecified atom stereocenters. The number of pyridine rings is 1. The van der Waals surface area contributed by atoms with E-state index in [-0.39, 0.29) is 10.6 Å². The standard InChI is InChI=1S/C14H12BrN3O2/c15-12-4-1-3-10-6-8-17(9-11(10)12)14-13(18(19)20)5-2-7-16-14/h1-5,7H,6,8-9H2. The topological polar surface area (TPSA) is 59.3 Å². The molecule has 6 heteroatoms. The molecule has 0 spiro atoms. The van der Waals surface area contributed by atoms with E-state index >= 15 is 0 Å². The summed E-state index contributed by atoms with van der Waals surface area (Å²) in [5.74, 6) is 0.443. The maximum absolute atomic E-state index is 11.1. The van der Waals surface area contributed by atoms with Crippen LogP contribution < -0.4 is 4.90 Å². The normalized spacial score (nSPS) is 13.9. The number of hydrogen-bond donors (Lipinski definition) is 0. The average molecular weight is 334 g/mol. The fourth-order valence-corrected chi connectivity index (χ4v) is 3.03. The Hall–Kier alpha value is -1.95. The molecule has 2 heterocycles. The first-order valence-corrected chi connectivity index (χ1v) is 7.07. The maximum Gasteiger partial charge on any atom is 0.311 e. The Kier molecular flexibility index (Phi) is 3.40. The number of fused-ring (bicyclic) bond motifs is 1. The molecule has 5 nitrogen and oxygen atoms in total. The van der Waals surface area contributed by atoms with E-state index in [0.29, 0.717) is 12.4 Å². The van der Waals surface area contributed by atoms with Crippen LogP contribution in [-0.4, -0.2) is 16.5 Å². The first kappa shape index (κ1) is 13.1. The number of aromatic nitrogens is 1. The summed E-state index contributed by atoms with van der Waals surface area (Å²) in [5, 5.41) is 11.1. The van der Waals surface area contributed by atoms with Crippen molar-refractivity contribution in [2.45, 2.75) is 13.0 Å². The van der Waals surface area contributed by atoms with E-state index < -0.39 is 0 Å². The van der Waals surface area contributed by atoms with E-state index in [4.69, 9.17) is 0 Å². The monoisotopic (exact) mass is 333 g/mol. The quantitative estimate of drug-likeness (QED) is 0.624. The number of halogens is 1. The minimum atomic E-state index is -0.377. The van der Waals surface area contributed by atoms with Gasteiger partial charge in [-0.15, -0.1) is 0 Å². The number of rotatable bonds is 2. The van der Waals surface area contributed by atoms with E-state index in [1.807, 2.05) is 17.0 Å². The minimum Gasteiger partial charge on any atom is -0.346 e. The highest BCUT2D eigenvalue weighted by Crippen LogP contribution is 2.32. The lowest BCUT2D eigenvalue weighted by molar-refractivity contribution is -0.384. The molecule has 0 amide bonds. The molecule has 3 rings (SSSR count). The third-order valence-electron chi connectivity index (χ3n) is 3.48. The lowest BCUT2D eigenvalue weighted by Crippen LogP contribution is -2.31. The Balaban J connectivity index is 1.99. The van der Waals surface area contributed by atoms with E-state index in [1.54, 1.807) is 12.3 Å². The summed E-state index contributed by atoms with van der Waals surface area (Å²) >= 11 is 3.55. The van der Waals surface area contributed by atoms with Gasteiger partial charge in [0.25, 0.3) is 0 Å². The van der Waals surface area contributed by atoms with E-state index in [2.05, 4.69) is 27.0 Å². The van der Waals surface area contributed by atoms with Crippen LogP contribution in [0.1, 0.15) is 11.1 Å². The zero-order valence-corrected chi connectivity index (χ0v) is 12.2. The van der Waals surface area contributed by atoms with Crippen molar-refractivity contribution in [1.82, 2.24) is 4.98 Å². The zero-order valence-electron chi connectivity index (χ0n) is 10.6. The van der Waals surface area contributed by atoms with Crippen molar-refractivity contribution in [3.8, 4) is 0 Å². The van der Waals surface area contributed by atoms with Crippen molar-refractivity contribution < 1.29 is 4.92 Å². The summed E-state index contributed by atoms with van der Waals surface area (Å²) in [5.41, 5.74) is 2.52. The summed E-state index contributed by atoms with van der Waals surface area (Å²) in [6.07, 6.45) is 2.46. The van der Waals surface area contributed by atoms with Gasteiger partial charge in [-0.2, -0.15) is 0 Å². The second-order valence-electron chi connectivity index (χ2n) is 4.65. The van der Waals surface area contributed by atoms with Gasteiger partial charge in [-0.05, 0) is 29.7 Å². The van der Waals surface area contributed by atoms with E-state index in [9.17, 15) is 10.1 Å². The summed E-state index contributed by atoms with van der Waals surface area (Å²) in [6, 6.07) is 9.20. The van der Waals surface area contributed by atoms with Crippen molar-refractivity contribution in [1.29, 1.82) is 0 Å². The van der Waals surface area contributed by atoms with Crippen LogP contribution in [0.3, 0.4) is 0 Å². The van der Waals surface area contributed by atoms with Crippen molar-refractivity contribution in [2.75, 3.05) is 11.4 Å². The number of nitro groups is 1. The average Bonchev–Trinajstić information content (AvgIpc) is 2.47. The molecule has 0 saturated carbocycles. The molecule has 0 N–H and O–H groups in total. The summed E-state index contributed by atoms with van der Waals surface area (Å²) in [7, 11) is 0. The van der Waals surface area contributed by atoms with Gasteiger partial charge in [0.05, 0.1) is 4.92 Å². The van der Waals surface area contributed by atoms with E-state index in [0.717, 1.165) is 17.4 Å². The molecule has 102 valence electrons. The molecule has 1 aliphatic rings. The number of anilines is 1. The molecule has 20 heavy (non-hydrogen) atoms. The highest BCUT2D eigenvalue weighted by molar-refractivity contribution is 9.10. The largest absolute Gasteiger partial charge is 0.346 e. The number of nitrogens with zero attached hydrogens (tertiary/aromatic N) is 3. The van der Waals surface area contributed by atoms with Crippen molar-refractivity contribution >= 4 is 27.4 Å². The summed E-state index contributed by atoms with van der Waals surface area (Å²) < 4.78 is 1.04. The van der Waals surface area contributed by atoms with Gasteiger partial charge in [0.2, 0.25) is 5.82 Å². The van der Waals surface area contributed by atoms with Crippen LogP contribution in [0.4, 0.5) is 11.5 Å². The number of hydrogen-bond acceptors (Lipinski definition) is 4. The highest BCUT2D eigenvalue weighted by atomic mass is 79.9. The van der Waals surface area contributed by atoms with Gasteiger partial charge < -0.3 is 4.90 Å². The molecule has 1 aliphatic heterocycles. The van der Waals surface area contributed by atoms with Crippen LogP contribution >= 0.6 is 15.9 Å². The van der Waals surface area contributed by atoms with Gasteiger partial charge >= 0.3 is 5.69 Å². The van der Waals surface area contributed by atoms with Crippen molar-refractivity contribution in [2.24, 2.45) is 0 Å². The van der Waals surface area contributed by atoms with Crippen LogP contribution in [0.2, 0.25) is 0 Å². The van der Waals surface area contributed by atoms with Crippen LogP contribution in [0.15, 0.2) is 41.0 Å². The molecule has 1 aromatic carbocycles. The Morgan fingerprint density at radius 2 is 2.15 bits per heavy atom. The highest BCUT2D eigenvalue weighted by Gasteiger charge is 2.25. The molecule has 0 fully saturated rings. The molecular weight excluding hydrogens is 322 g/mol. The Bertz CT molecular complexity index is 675. The molecule has 2 aromatic rings. The smallest absolute Gasteiger partial charge is 0.311 e. The van der Waals surface area contributed by atoms with Crippen LogP contribution in [0, 0.1) is 10.1 Å². The van der Waals surface area contributed by atoms with Crippen molar-refractivity contribution in [3.05, 3.63) is 62.2 Å². The lowest BCUT2D eigenvalue weighted by atomic mass is 10.00. The van der Waals surface area contributed by atoms with Gasteiger partial charge in [0, 0.05) is 29.8 Å². The first-order valence-electron chi connectivity index (χ1n) is 6.27. The second kappa shape index (κ2) is 5.20. The van der Waals surface area contributed by atoms with Crippen LogP contribution in [-0.2, 0) is 13.0 Å². The molecule has 0 radical (unpaired) electrons. The molecule has 0 atom stereocenters. The Labute approximate surface area is 124 Å². The molecular formula is C14H12BrN3O2. The van der Waals surface area contributed by atoms with Gasteiger partial charge in [0.1, 0.15) is 0 Å². The van der Waals surface area contributed by atoms with Crippen molar-refractivity contribution in [3.63, 3.8) is 0 Å². The fourth-order valence-electron chi connectivity index (χ4n) is 2.50. The molecule has 1 aromatic heterocycles. The fraction of sp³-hybridized carbons (Fsp3) is 0.214. The zero-order chi connectivity index (χ0) is 14.1. The van der Waals surface area contributed by atoms with Crippen LogP contribution in [0.5, 0.6) is 0 Å². The van der Waals surface area contributed by atoms with E-state index in [1.165, 1.54) is 17.2 Å². The predicted octanol–water partition coefficient (Wildman–Crippen LogP) is 3.32. The second-order valence-corrected chi connectivity index (χ2v) is 5.51. The molecule has 0 aliphatic carbocycles. The van der Waals surface area contributed by atoms with Gasteiger partial charge in [0.15, 0.2) is 0 Å².